The minimum Gasteiger partial charge on any atom is -0.386 e. The fraction of sp³-hybridized carbons (Fsp3) is 0.400. The van der Waals surface area contributed by atoms with E-state index in [0.717, 1.165) is 17.5 Å². The van der Waals surface area contributed by atoms with Gasteiger partial charge < -0.3 is 5.11 Å². The van der Waals surface area contributed by atoms with Crippen molar-refractivity contribution in [1.29, 1.82) is 0 Å². The van der Waals surface area contributed by atoms with Gasteiger partial charge in [0.1, 0.15) is 11.1 Å². The molecule has 0 saturated heterocycles. The molecule has 0 aliphatic carbocycles. The first-order valence-electron chi connectivity index (χ1n) is 3.08. The van der Waals surface area contributed by atoms with Crippen molar-refractivity contribution in [3.05, 3.63) is 11.2 Å². The smallest absolute Gasteiger partial charge is 0.249 e. The van der Waals surface area contributed by atoms with Crippen molar-refractivity contribution < 1.29 is 13.5 Å². The molecule has 68 valence electrons. The summed E-state index contributed by atoms with van der Waals surface area (Å²) in [5.74, 6) is 0. The van der Waals surface area contributed by atoms with Crippen LogP contribution in [0.15, 0.2) is 10.4 Å². The van der Waals surface area contributed by atoms with Gasteiger partial charge in [-0.2, -0.15) is 0 Å². The average Bonchev–Trinajstić information content (AvgIpc) is 2.30. The molecule has 1 rings (SSSR count). The maximum atomic E-state index is 10.7. The van der Waals surface area contributed by atoms with Gasteiger partial charge in [-0.05, 0) is 6.92 Å². The molecule has 0 aromatic carbocycles. The molecule has 1 aromatic heterocycles. The summed E-state index contributed by atoms with van der Waals surface area (Å²) in [4.78, 5) is 3.69. The normalized spacial score (nSPS) is 14.6. The maximum Gasteiger partial charge on any atom is 0.249 e. The first-order valence-corrected chi connectivity index (χ1v) is 5.44. The van der Waals surface area contributed by atoms with Crippen LogP contribution in [-0.4, -0.2) is 18.5 Å². The molecule has 0 fully saturated rings. The number of hydrogen-bond acceptors (Lipinski definition) is 5. The molecule has 1 unspecified atom stereocenters. The third-order valence-corrected chi connectivity index (χ3v) is 3.72. The number of aliphatic hydroxyl groups is 1. The molecule has 0 bridgehead atoms. The zero-order valence-corrected chi connectivity index (χ0v) is 7.89. The highest BCUT2D eigenvalue weighted by molar-refractivity contribution is 7.91. The lowest BCUT2D eigenvalue weighted by atomic mass is 10.4. The van der Waals surface area contributed by atoms with Gasteiger partial charge >= 0.3 is 0 Å². The van der Waals surface area contributed by atoms with Crippen molar-refractivity contribution in [1.82, 2.24) is 4.98 Å². The van der Waals surface area contributed by atoms with E-state index in [2.05, 4.69) is 4.98 Å². The molecular weight excluding hydrogens is 200 g/mol. The lowest BCUT2D eigenvalue weighted by Gasteiger charge is -1.94. The molecule has 7 heteroatoms. The lowest BCUT2D eigenvalue weighted by molar-refractivity contribution is 0.199. The molecule has 3 N–H and O–H groups in total. The van der Waals surface area contributed by atoms with Gasteiger partial charge in [-0.15, -0.1) is 11.3 Å². The Kier molecular flexibility index (Phi) is 2.47. The van der Waals surface area contributed by atoms with Crippen molar-refractivity contribution >= 4 is 21.4 Å². The predicted octanol–water partition coefficient (Wildman–Crippen LogP) is -0.156. The summed E-state index contributed by atoms with van der Waals surface area (Å²) in [6.45, 7) is 1.51. The average molecular weight is 208 g/mol. The quantitative estimate of drug-likeness (QED) is 0.706. The zero-order valence-electron chi connectivity index (χ0n) is 6.26. The van der Waals surface area contributed by atoms with Crippen LogP contribution in [-0.2, 0) is 10.0 Å². The first-order chi connectivity index (χ1) is 5.41. The van der Waals surface area contributed by atoms with Crippen LogP contribution in [0.5, 0.6) is 0 Å². The Balaban J connectivity index is 3.09. The van der Waals surface area contributed by atoms with E-state index in [1.807, 2.05) is 0 Å². The predicted molar refractivity (Wildman–Crippen MR) is 44.1 cm³/mol. The molecule has 0 spiro atoms. The van der Waals surface area contributed by atoms with E-state index in [-0.39, 0.29) is 4.21 Å². The Labute approximate surface area is 73.9 Å². The number of hydrogen-bond donors (Lipinski definition) is 2. The molecule has 5 nitrogen and oxygen atoms in total. The van der Waals surface area contributed by atoms with E-state index in [9.17, 15) is 8.42 Å². The van der Waals surface area contributed by atoms with Gasteiger partial charge in [0.15, 0.2) is 4.21 Å². The van der Waals surface area contributed by atoms with E-state index in [4.69, 9.17) is 10.2 Å². The molecule has 0 saturated carbocycles. The highest BCUT2D eigenvalue weighted by Crippen LogP contribution is 2.21. The highest BCUT2D eigenvalue weighted by atomic mass is 32.2. The SMILES string of the molecule is CC(O)c1ncc(S(N)(=O)=O)s1. The van der Waals surface area contributed by atoms with Crippen LogP contribution in [0.25, 0.3) is 0 Å². The second-order valence-corrected chi connectivity index (χ2v) is 5.09. The Morgan fingerprint density at radius 2 is 2.33 bits per heavy atom. The van der Waals surface area contributed by atoms with Gasteiger partial charge in [0, 0.05) is 0 Å². The van der Waals surface area contributed by atoms with Crippen molar-refractivity contribution in [3.8, 4) is 0 Å². The van der Waals surface area contributed by atoms with Crippen LogP contribution in [0, 0.1) is 0 Å². The van der Waals surface area contributed by atoms with E-state index >= 15 is 0 Å². The van der Waals surface area contributed by atoms with E-state index in [0.29, 0.717) is 5.01 Å². The van der Waals surface area contributed by atoms with Gasteiger partial charge in [-0.3, -0.25) is 0 Å². The van der Waals surface area contributed by atoms with Crippen molar-refractivity contribution in [3.63, 3.8) is 0 Å². The monoisotopic (exact) mass is 208 g/mol. The second-order valence-electron chi connectivity index (χ2n) is 2.24. The van der Waals surface area contributed by atoms with Crippen molar-refractivity contribution in [2.24, 2.45) is 5.14 Å². The number of aromatic nitrogens is 1. The molecule has 12 heavy (non-hydrogen) atoms. The summed E-state index contributed by atoms with van der Waals surface area (Å²) in [5.41, 5.74) is 0. The fourth-order valence-corrected chi connectivity index (χ4v) is 2.10. The van der Waals surface area contributed by atoms with Crippen LogP contribution in [0.4, 0.5) is 0 Å². The number of aliphatic hydroxyl groups excluding tert-OH is 1. The molecule has 0 aliphatic rings. The van der Waals surface area contributed by atoms with Crippen LogP contribution in [0.1, 0.15) is 18.0 Å². The molecule has 0 radical (unpaired) electrons. The highest BCUT2D eigenvalue weighted by Gasteiger charge is 2.14. The van der Waals surface area contributed by atoms with Crippen LogP contribution in [0.2, 0.25) is 0 Å². The number of nitrogens with zero attached hydrogens (tertiary/aromatic N) is 1. The molecular formula is C5H8N2O3S2. The van der Waals surface area contributed by atoms with E-state index < -0.39 is 16.1 Å². The Hall–Kier alpha value is -0.500. The number of rotatable bonds is 2. The van der Waals surface area contributed by atoms with E-state index in [1.165, 1.54) is 6.92 Å². The molecule has 0 amide bonds. The first kappa shape index (κ1) is 9.59. The zero-order chi connectivity index (χ0) is 9.35. The number of nitrogens with two attached hydrogens (primary N) is 1. The molecule has 1 aromatic rings. The largest absolute Gasteiger partial charge is 0.386 e. The summed E-state index contributed by atoms with van der Waals surface area (Å²) in [6, 6.07) is 0. The summed E-state index contributed by atoms with van der Waals surface area (Å²) in [7, 11) is -3.67. The maximum absolute atomic E-state index is 10.7. The summed E-state index contributed by atoms with van der Waals surface area (Å²) >= 11 is 0.874. The number of sulfonamides is 1. The van der Waals surface area contributed by atoms with Gasteiger partial charge in [0.05, 0.1) is 6.20 Å². The minimum atomic E-state index is -3.67. The summed E-state index contributed by atoms with van der Waals surface area (Å²) in [5, 5.41) is 14.2. The second kappa shape index (κ2) is 3.09. The topological polar surface area (TPSA) is 93.3 Å². The van der Waals surface area contributed by atoms with Crippen LogP contribution < -0.4 is 5.14 Å². The summed E-state index contributed by atoms with van der Waals surface area (Å²) < 4.78 is 21.4. The lowest BCUT2D eigenvalue weighted by Crippen LogP contribution is -2.09. The standard InChI is InChI=1S/C5H8N2O3S2/c1-3(8)5-7-2-4(11-5)12(6,9)10/h2-3,8H,1H3,(H2,6,9,10). The third kappa shape index (κ3) is 2.01. The molecule has 0 aliphatic heterocycles. The van der Waals surface area contributed by atoms with Crippen molar-refractivity contribution in [2.45, 2.75) is 17.2 Å². The fourth-order valence-electron chi connectivity index (χ4n) is 0.597. The van der Waals surface area contributed by atoms with Gasteiger partial charge in [0.2, 0.25) is 10.0 Å². The molecule has 1 atom stereocenters. The number of primary sulfonamides is 1. The van der Waals surface area contributed by atoms with Crippen LogP contribution >= 0.6 is 11.3 Å². The number of thiazole rings is 1. The third-order valence-electron chi connectivity index (χ3n) is 1.14. The Morgan fingerprint density at radius 1 is 1.75 bits per heavy atom. The summed E-state index contributed by atoms with van der Waals surface area (Å²) in [6.07, 6.45) is 0.382. The molecule has 1 heterocycles. The van der Waals surface area contributed by atoms with E-state index in [1.54, 1.807) is 0 Å². The van der Waals surface area contributed by atoms with Crippen molar-refractivity contribution in [2.75, 3.05) is 0 Å². The van der Waals surface area contributed by atoms with Gasteiger partial charge in [-0.25, -0.2) is 18.5 Å². The minimum absolute atomic E-state index is 0.0293. The Morgan fingerprint density at radius 3 is 2.58 bits per heavy atom. The van der Waals surface area contributed by atoms with Gasteiger partial charge in [-0.1, -0.05) is 0 Å². The van der Waals surface area contributed by atoms with Crippen LogP contribution in [0.3, 0.4) is 0 Å². The van der Waals surface area contributed by atoms with Gasteiger partial charge in [0.25, 0.3) is 0 Å². The Bertz CT molecular complexity index is 368.